The summed E-state index contributed by atoms with van der Waals surface area (Å²) in [4.78, 5) is 21.2. The molecule has 2 N–H and O–H groups in total. The highest BCUT2D eigenvalue weighted by Gasteiger charge is 2.20. The predicted molar refractivity (Wildman–Crippen MR) is 108 cm³/mol. The molecule has 4 rings (SSSR count). The van der Waals surface area contributed by atoms with Gasteiger partial charge in [0.1, 0.15) is 11.6 Å². The van der Waals surface area contributed by atoms with Crippen molar-refractivity contribution in [2.45, 2.75) is 19.4 Å². The van der Waals surface area contributed by atoms with E-state index < -0.39 is 0 Å². The summed E-state index contributed by atoms with van der Waals surface area (Å²) < 4.78 is 14.6. The summed E-state index contributed by atoms with van der Waals surface area (Å²) in [5.74, 6) is 0.578. The summed E-state index contributed by atoms with van der Waals surface area (Å²) in [6, 6.07) is 9.50. The first kappa shape index (κ1) is 18.8. The molecule has 7 heteroatoms. The number of fused-ring (bicyclic) bond motifs is 1. The van der Waals surface area contributed by atoms with Crippen LogP contribution in [0.25, 0.3) is 0 Å². The van der Waals surface area contributed by atoms with Gasteiger partial charge in [0.15, 0.2) is 0 Å². The maximum Gasteiger partial charge on any atom is 0.225 e. The van der Waals surface area contributed by atoms with Crippen LogP contribution in [0.5, 0.6) is 0 Å². The Bertz CT molecular complexity index is 821. The normalized spacial score (nSPS) is 17.2. The highest BCUT2D eigenvalue weighted by molar-refractivity contribution is 5.91. The minimum atomic E-state index is -0.281. The molecule has 1 aromatic heterocycles. The first-order valence-corrected chi connectivity index (χ1v) is 9.90. The van der Waals surface area contributed by atoms with Crippen LogP contribution in [-0.2, 0) is 17.8 Å². The molecule has 0 bridgehead atoms. The minimum absolute atomic E-state index is 0.139. The SMILES string of the molecule is O=C(CCN1CCN(c2ccccn2)CC1)Nc1ccc2c(c1F)CCNC2. The van der Waals surface area contributed by atoms with E-state index in [4.69, 9.17) is 0 Å². The average Bonchev–Trinajstić information content (AvgIpc) is 2.75. The topological polar surface area (TPSA) is 60.5 Å². The molecule has 0 spiro atoms. The van der Waals surface area contributed by atoms with Crippen LogP contribution in [0.15, 0.2) is 36.5 Å². The summed E-state index contributed by atoms with van der Waals surface area (Å²) >= 11 is 0. The molecule has 2 aliphatic heterocycles. The highest BCUT2D eigenvalue weighted by atomic mass is 19.1. The second-order valence-corrected chi connectivity index (χ2v) is 7.31. The van der Waals surface area contributed by atoms with E-state index in [0.29, 0.717) is 31.6 Å². The van der Waals surface area contributed by atoms with Gasteiger partial charge in [0.05, 0.1) is 5.69 Å². The maximum atomic E-state index is 14.6. The molecule has 2 aliphatic rings. The molecule has 0 atom stereocenters. The van der Waals surface area contributed by atoms with Gasteiger partial charge in [-0.05, 0) is 42.3 Å². The Morgan fingerprint density at radius 2 is 2.04 bits per heavy atom. The van der Waals surface area contributed by atoms with Crippen molar-refractivity contribution in [1.82, 2.24) is 15.2 Å². The van der Waals surface area contributed by atoms with Crippen molar-refractivity contribution in [1.29, 1.82) is 0 Å². The Hall–Kier alpha value is -2.51. The predicted octanol–water partition coefficient (Wildman–Crippen LogP) is 2.02. The molecule has 0 aliphatic carbocycles. The lowest BCUT2D eigenvalue weighted by molar-refractivity contribution is -0.116. The molecular formula is C21H26FN5O. The van der Waals surface area contributed by atoms with Gasteiger partial charge in [-0.25, -0.2) is 9.37 Å². The third-order valence-electron chi connectivity index (χ3n) is 5.48. The fourth-order valence-electron chi connectivity index (χ4n) is 3.84. The number of halogens is 1. The summed E-state index contributed by atoms with van der Waals surface area (Å²) in [7, 11) is 0. The first-order valence-electron chi connectivity index (χ1n) is 9.90. The second kappa shape index (κ2) is 8.67. The molecule has 0 unspecified atom stereocenters. The van der Waals surface area contributed by atoms with Gasteiger partial charge in [-0.15, -0.1) is 0 Å². The number of nitrogens with zero attached hydrogens (tertiary/aromatic N) is 3. The highest BCUT2D eigenvalue weighted by Crippen LogP contribution is 2.24. The minimum Gasteiger partial charge on any atom is -0.354 e. The third-order valence-corrected chi connectivity index (χ3v) is 5.48. The van der Waals surface area contributed by atoms with Crippen molar-refractivity contribution >= 4 is 17.4 Å². The van der Waals surface area contributed by atoms with E-state index in [-0.39, 0.29) is 11.7 Å². The first-order chi connectivity index (χ1) is 13.7. The number of amides is 1. The number of benzene rings is 1. The molecule has 1 amide bonds. The molecule has 3 heterocycles. The smallest absolute Gasteiger partial charge is 0.225 e. The van der Waals surface area contributed by atoms with Crippen LogP contribution in [0.3, 0.4) is 0 Å². The average molecular weight is 383 g/mol. The molecule has 2 aromatic rings. The Kier molecular flexibility index (Phi) is 5.83. The second-order valence-electron chi connectivity index (χ2n) is 7.31. The lowest BCUT2D eigenvalue weighted by Crippen LogP contribution is -2.47. The number of carbonyl (C=O) groups is 1. The van der Waals surface area contributed by atoms with E-state index in [2.05, 4.69) is 25.4 Å². The molecule has 1 saturated heterocycles. The fourth-order valence-corrected chi connectivity index (χ4v) is 3.84. The van der Waals surface area contributed by atoms with E-state index in [1.165, 1.54) is 0 Å². The number of anilines is 2. The van der Waals surface area contributed by atoms with Gasteiger partial charge >= 0.3 is 0 Å². The van der Waals surface area contributed by atoms with Gasteiger partial charge in [-0.3, -0.25) is 9.69 Å². The summed E-state index contributed by atoms with van der Waals surface area (Å²) in [5.41, 5.74) is 2.00. The molecule has 1 fully saturated rings. The Morgan fingerprint density at radius 1 is 1.18 bits per heavy atom. The van der Waals surface area contributed by atoms with Crippen molar-refractivity contribution < 1.29 is 9.18 Å². The lowest BCUT2D eigenvalue weighted by Gasteiger charge is -2.35. The van der Waals surface area contributed by atoms with Crippen LogP contribution in [0.1, 0.15) is 17.5 Å². The quantitative estimate of drug-likeness (QED) is 0.827. The summed E-state index contributed by atoms with van der Waals surface area (Å²) in [6.07, 6.45) is 2.83. The molecule has 148 valence electrons. The monoisotopic (exact) mass is 383 g/mol. The number of nitrogens with one attached hydrogen (secondary N) is 2. The molecule has 0 radical (unpaired) electrons. The van der Waals surface area contributed by atoms with Crippen molar-refractivity contribution in [2.75, 3.05) is 49.5 Å². The van der Waals surface area contributed by atoms with Crippen LogP contribution in [0, 0.1) is 5.82 Å². The number of hydrogen-bond donors (Lipinski definition) is 2. The molecule has 0 saturated carbocycles. The van der Waals surface area contributed by atoms with Crippen molar-refractivity contribution in [2.24, 2.45) is 0 Å². The Morgan fingerprint density at radius 3 is 2.82 bits per heavy atom. The van der Waals surface area contributed by atoms with Gasteiger partial charge in [0.2, 0.25) is 5.91 Å². The number of piperazine rings is 1. The summed E-state index contributed by atoms with van der Waals surface area (Å²) in [5, 5.41) is 5.98. The summed E-state index contributed by atoms with van der Waals surface area (Å²) in [6.45, 7) is 5.71. The van der Waals surface area contributed by atoms with E-state index in [0.717, 1.165) is 49.7 Å². The number of aromatic nitrogens is 1. The number of hydrogen-bond acceptors (Lipinski definition) is 5. The standard InChI is InChI=1S/C21H26FN5O/c22-21-17-6-9-23-15-16(17)4-5-18(21)25-20(28)7-10-26-11-13-27(14-12-26)19-3-1-2-8-24-19/h1-5,8,23H,6-7,9-15H2,(H,25,28). The van der Waals surface area contributed by atoms with Crippen molar-refractivity contribution in [3.05, 3.63) is 53.5 Å². The van der Waals surface area contributed by atoms with Gasteiger partial charge in [0, 0.05) is 51.9 Å². The molecule has 1 aromatic carbocycles. The molecule has 6 nitrogen and oxygen atoms in total. The Balaban J connectivity index is 1.25. The van der Waals surface area contributed by atoms with E-state index >= 15 is 0 Å². The van der Waals surface area contributed by atoms with Crippen molar-refractivity contribution in [3.63, 3.8) is 0 Å². The van der Waals surface area contributed by atoms with Gasteiger partial charge < -0.3 is 15.5 Å². The van der Waals surface area contributed by atoms with Crippen molar-refractivity contribution in [3.8, 4) is 0 Å². The van der Waals surface area contributed by atoms with Gasteiger partial charge in [-0.2, -0.15) is 0 Å². The fraction of sp³-hybridized carbons (Fsp3) is 0.429. The molecule has 28 heavy (non-hydrogen) atoms. The van der Waals surface area contributed by atoms with Crippen LogP contribution in [-0.4, -0.2) is 55.1 Å². The maximum absolute atomic E-state index is 14.6. The van der Waals surface area contributed by atoms with Crippen LogP contribution < -0.4 is 15.5 Å². The number of pyridine rings is 1. The number of rotatable bonds is 5. The number of carbonyl (C=O) groups excluding carboxylic acids is 1. The van der Waals surface area contributed by atoms with E-state index in [1.807, 2.05) is 30.5 Å². The zero-order valence-electron chi connectivity index (χ0n) is 16.0. The van der Waals surface area contributed by atoms with Crippen LogP contribution in [0.2, 0.25) is 0 Å². The zero-order valence-corrected chi connectivity index (χ0v) is 16.0. The van der Waals surface area contributed by atoms with Gasteiger partial charge in [0.25, 0.3) is 0 Å². The van der Waals surface area contributed by atoms with Crippen LogP contribution >= 0.6 is 0 Å². The van der Waals surface area contributed by atoms with E-state index in [9.17, 15) is 9.18 Å². The van der Waals surface area contributed by atoms with E-state index in [1.54, 1.807) is 6.07 Å². The molecular weight excluding hydrogens is 357 g/mol. The zero-order chi connectivity index (χ0) is 19.3. The van der Waals surface area contributed by atoms with Crippen LogP contribution in [0.4, 0.5) is 15.9 Å². The third kappa shape index (κ3) is 4.31. The largest absolute Gasteiger partial charge is 0.354 e. The lowest BCUT2D eigenvalue weighted by atomic mass is 9.99. The van der Waals surface area contributed by atoms with Gasteiger partial charge in [-0.1, -0.05) is 12.1 Å². The Labute approximate surface area is 164 Å².